The molecule has 17 heavy (non-hydrogen) atoms. The molecule has 5 heteroatoms. The first-order chi connectivity index (χ1) is 8.24. The predicted octanol–water partition coefficient (Wildman–Crippen LogP) is 2.52. The normalized spacial score (nSPS) is 10.8. The van der Waals surface area contributed by atoms with Gasteiger partial charge in [-0.05, 0) is 29.1 Å². The Morgan fingerprint density at radius 2 is 1.94 bits per heavy atom. The highest BCUT2D eigenvalue weighted by molar-refractivity contribution is 7.13. The topological polar surface area (TPSA) is 77.8 Å². The Labute approximate surface area is 102 Å². The van der Waals surface area contributed by atoms with Crippen molar-refractivity contribution in [3.8, 4) is 10.4 Å². The van der Waals surface area contributed by atoms with Gasteiger partial charge in [0.05, 0.1) is 5.52 Å². The van der Waals surface area contributed by atoms with E-state index in [-0.39, 0.29) is 5.95 Å². The maximum absolute atomic E-state index is 5.80. The van der Waals surface area contributed by atoms with Crippen LogP contribution in [0.3, 0.4) is 0 Å². The van der Waals surface area contributed by atoms with Gasteiger partial charge in [0.2, 0.25) is 5.95 Å². The van der Waals surface area contributed by atoms with Crippen molar-refractivity contribution in [1.82, 2.24) is 9.97 Å². The van der Waals surface area contributed by atoms with Crippen LogP contribution in [-0.2, 0) is 0 Å². The molecule has 3 aromatic rings. The number of aromatic nitrogens is 2. The minimum atomic E-state index is 0.207. The molecule has 2 heterocycles. The van der Waals surface area contributed by atoms with Gasteiger partial charge < -0.3 is 11.5 Å². The molecule has 0 fully saturated rings. The number of rotatable bonds is 1. The lowest BCUT2D eigenvalue weighted by atomic mass is 10.1. The van der Waals surface area contributed by atoms with Crippen LogP contribution >= 0.6 is 11.3 Å². The minimum Gasteiger partial charge on any atom is -0.383 e. The molecular formula is C12H10N4S. The lowest BCUT2D eigenvalue weighted by molar-refractivity contribution is 1.25. The van der Waals surface area contributed by atoms with Crippen LogP contribution in [0.1, 0.15) is 0 Å². The standard InChI is InChI=1S/C12H10N4S/c13-11-8-4-3-7(10-2-1-5-17-10)6-9(8)15-12(14)16-11/h1-6H,(H4,13,14,15,16). The lowest BCUT2D eigenvalue weighted by Gasteiger charge is -2.04. The SMILES string of the molecule is Nc1nc(N)c2ccc(-c3cccs3)cc2n1. The van der Waals surface area contributed by atoms with E-state index in [0.717, 1.165) is 16.5 Å². The quantitative estimate of drug-likeness (QED) is 0.687. The lowest BCUT2D eigenvalue weighted by Crippen LogP contribution is -2.00. The fourth-order valence-corrected chi connectivity index (χ4v) is 2.49. The zero-order valence-corrected chi connectivity index (χ0v) is 9.74. The van der Waals surface area contributed by atoms with Gasteiger partial charge in [-0.1, -0.05) is 12.1 Å². The Bertz CT molecular complexity index is 676. The van der Waals surface area contributed by atoms with Gasteiger partial charge in [-0.25, -0.2) is 4.98 Å². The molecule has 4 N–H and O–H groups in total. The molecule has 0 amide bonds. The van der Waals surface area contributed by atoms with Gasteiger partial charge in [0, 0.05) is 10.3 Å². The molecule has 0 bridgehead atoms. The number of nitrogens with two attached hydrogens (primary N) is 2. The molecule has 1 aromatic carbocycles. The van der Waals surface area contributed by atoms with E-state index < -0.39 is 0 Å². The van der Waals surface area contributed by atoms with Crippen LogP contribution in [0.15, 0.2) is 35.7 Å². The molecule has 0 unspecified atom stereocenters. The molecule has 0 aliphatic rings. The van der Waals surface area contributed by atoms with Crippen molar-refractivity contribution in [2.75, 3.05) is 11.5 Å². The van der Waals surface area contributed by atoms with E-state index in [1.165, 1.54) is 4.88 Å². The highest BCUT2D eigenvalue weighted by Gasteiger charge is 2.05. The van der Waals surface area contributed by atoms with Gasteiger partial charge in [0.1, 0.15) is 5.82 Å². The van der Waals surface area contributed by atoms with Gasteiger partial charge in [0.25, 0.3) is 0 Å². The number of thiophene rings is 1. The van der Waals surface area contributed by atoms with Crippen molar-refractivity contribution in [3.05, 3.63) is 35.7 Å². The van der Waals surface area contributed by atoms with Crippen LogP contribution in [0.5, 0.6) is 0 Å². The molecule has 0 radical (unpaired) electrons. The first-order valence-corrected chi connectivity index (χ1v) is 5.98. The predicted molar refractivity (Wildman–Crippen MR) is 71.7 cm³/mol. The molecule has 0 saturated carbocycles. The molecule has 0 aliphatic carbocycles. The summed E-state index contributed by atoms with van der Waals surface area (Å²) in [7, 11) is 0. The van der Waals surface area contributed by atoms with Crippen molar-refractivity contribution >= 4 is 34.0 Å². The van der Waals surface area contributed by atoms with E-state index in [1.54, 1.807) is 11.3 Å². The summed E-state index contributed by atoms with van der Waals surface area (Å²) in [4.78, 5) is 9.34. The summed E-state index contributed by atoms with van der Waals surface area (Å²) in [5.74, 6) is 0.628. The summed E-state index contributed by atoms with van der Waals surface area (Å²) in [6.45, 7) is 0. The van der Waals surface area contributed by atoms with E-state index in [2.05, 4.69) is 16.0 Å². The first kappa shape index (κ1) is 10.0. The molecule has 0 saturated heterocycles. The summed E-state index contributed by atoms with van der Waals surface area (Å²) in [6.07, 6.45) is 0. The van der Waals surface area contributed by atoms with E-state index in [4.69, 9.17) is 11.5 Å². The second-order valence-corrected chi connectivity index (χ2v) is 4.62. The highest BCUT2D eigenvalue weighted by atomic mass is 32.1. The largest absolute Gasteiger partial charge is 0.383 e. The number of nitrogen functional groups attached to an aromatic ring is 2. The molecule has 4 nitrogen and oxygen atoms in total. The molecule has 84 valence electrons. The minimum absolute atomic E-state index is 0.207. The van der Waals surface area contributed by atoms with E-state index in [1.807, 2.05) is 29.6 Å². The Morgan fingerprint density at radius 1 is 1.06 bits per heavy atom. The Hall–Kier alpha value is -2.14. The molecule has 0 spiro atoms. The molecule has 3 rings (SSSR count). The van der Waals surface area contributed by atoms with Crippen molar-refractivity contribution in [2.45, 2.75) is 0 Å². The fraction of sp³-hybridized carbons (Fsp3) is 0. The van der Waals surface area contributed by atoms with Crippen molar-refractivity contribution in [3.63, 3.8) is 0 Å². The van der Waals surface area contributed by atoms with Gasteiger partial charge in [-0.15, -0.1) is 11.3 Å². The summed E-state index contributed by atoms with van der Waals surface area (Å²) in [5.41, 5.74) is 13.3. The van der Waals surface area contributed by atoms with E-state index >= 15 is 0 Å². The van der Waals surface area contributed by atoms with Crippen molar-refractivity contribution in [1.29, 1.82) is 0 Å². The molecular weight excluding hydrogens is 232 g/mol. The van der Waals surface area contributed by atoms with Gasteiger partial charge in [-0.3, -0.25) is 0 Å². The number of fused-ring (bicyclic) bond motifs is 1. The fourth-order valence-electron chi connectivity index (χ4n) is 1.77. The van der Waals surface area contributed by atoms with Crippen LogP contribution in [0.25, 0.3) is 21.3 Å². The van der Waals surface area contributed by atoms with E-state index in [0.29, 0.717) is 5.82 Å². The number of benzene rings is 1. The van der Waals surface area contributed by atoms with Crippen molar-refractivity contribution in [2.24, 2.45) is 0 Å². The first-order valence-electron chi connectivity index (χ1n) is 5.10. The maximum Gasteiger partial charge on any atom is 0.222 e. The zero-order valence-electron chi connectivity index (χ0n) is 8.92. The van der Waals surface area contributed by atoms with Crippen molar-refractivity contribution < 1.29 is 0 Å². The molecule has 0 atom stereocenters. The summed E-state index contributed by atoms with van der Waals surface area (Å²) in [6, 6.07) is 10.0. The molecule has 2 aromatic heterocycles. The second-order valence-electron chi connectivity index (χ2n) is 3.68. The zero-order chi connectivity index (χ0) is 11.8. The average Bonchev–Trinajstić information content (AvgIpc) is 2.81. The Balaban J connectivity index is 2.26. The van der Waals surface area contributed by atoms with Crippen LogP contribution in [-0.4, -0.2) is 9.97 Å². The number of hydrogen-bond acceptors (Lipinski definition) is 5. The summed E-state index contributed by atoms with van der Waals surface area (Å²) >= 11 is 1.69. The third-order valence-corrected chi connectivity index (χ3v) is 3.47. The number of anilines is 2. The number of hydrogen-bond donors (Lipinski definition) is 2. The monoisotopic (exact) mass is 242 g/mol. The third-order valence-electron chi connectivity index (χ3n) is 2.55. The Kier molecular flexibility index (Phi) is 2.19. The van der Waals surface area contributed by atoms with Gasteiger partial charge in [-0.2, -0.15) is 4.98 Å². The van der Waals surface area contributed by atoms with Crippen LogP contribution < -0.4 is 11.5 Å². The van der Waals surface area contributed by atoms with Gasteiger partial charge >= 0.3 is 0 Å². The molecule has 0 aliphatic heterocycles. The Morgan fingerprint density at radius 3 is 2.71 bits per heavy atom. The van der Waals surface area contributed by atoms with Crippen LogP contribution in [0.2, 0.25) is 0 Å². The van der Waals surface area contributed by atoms with E-state index in [9.17, 15) is 0 Å². The second kappa shape index (κ2) is 3.71. The third kappa shape index (κ3) is 1.70. The number of nitrogens with zero attached hydrogens (tertiary/aromatic N) is 2. The summed E-state index contributed by atoms with van der Waals surface area (Å²) < 4.78 is 0. The van der Waals surface area contributed by atoms with Gasteiger partial charge in [0.15, 0.2) is 0 Å². The summed E-state index contributed by atoms with van der Waals surface area (Å²) in [5, 5.41) is 2.88. The smallest absolute Gasteiger partial charge is 0.222 e. The maximum atomic E-state index is 5.80. The average molecular weight is 242 g/mol. The highest BCUT2D eigenvalue weighted by Crippen LogP contribution is 2.28. The van der Waals surface area contributed by atoms with Crippen LogP contribution in [0.4, 0.5) is 11.8 Å². The van der Waals surface area contributed by atoms with Crippen LogP contribution in [0, 0.1) is 0 Å².